The van der Waals surface area contributed by atoms with Gasteiger partial charge in [0.25, 0.3) is 5.91 Å². The Bertz CT molecular complexity index is 619. The van der Waals surface area contributed by atoms with Crippen LogP contribution in [0.4, 0.5) is 8.78 Å². The number of amides is 1. The fourth-order valence-corrected chi connectivity index (χ4v) is 2.42. The van der Waals surface area contributed by atoms with Gasteiger partial charge in [-0.2, -0.15) is 24.2 Å². The lowest BCUT2D eigenvalue weighted by atomic mass is 10.3. The van der Waals surface area contributed by atoms with E-state index in [-0.39, 0.29) is 11.6 Å². The van der Waals surface area contributed by atoms with Crippen LogP contribution < -0.4 is 0 Å². The van der Waals surface area contributed by atoms with Crippen LogP contribution in [0.25, 0.3) is 0 Å². The predicted octanol–water partition coefficient (Wildman–Crippen LogP) is 0.354. The maximum atomic E-state index is 12.8. The molecule has 0 radical (unpaired) electrons. The van der Waals surface area contributed by atoms with Crippen molar-refractivity contribution in [2.24, 2.45) is 0 Å². The Hall–Kier alpha value is -2.36. The van der Waals surface area contributed by atoms with Gasteiger partial charge in [0.1, 0.15) is 5.82 Å². The molecule has 0 bridgehead atoms. The number of alkyl halides is 2. The molecule has 22 heavy (non-hydrogen) atoms. The first-order valence-electron chi connectivity index (χ1n) is 6.82. The highest BCUT2D eigenvalue weighted by atomic mass is 19.3. The highest BCUT2D eigenvalue weighted by molar-refractivity contribution is 5.91. The summed E-state index contributed by atoms with van der Waals surface area (Å²) in [5.41, 5.74) is 0.279. The lowest BCUT2D eigenvalue weighted by Gasteiger charge is -2.34. The van der Waals surface area contributed by atoms with Crippen LogP contribution in [0, 0.1) is 0 Å². The molecular weight excluding hydrogens is 296 g/mol. The number of rotatable bonds is 4. The maximum absolute atomic E-state index is 12.8. The van der Waals surface area contributed by atoms with Crippen molar-refractivity contribution < 1.29 is 13.6 Å². The van der Waals surface area contributed by atoms with Crippen LogP contribution in [0.2, 0.25) is 0 Å². The molecule has 0 aliphatic carbocycles. The predicted molar refractivity (Wildman–Crippen MR) is 71.0 cm³/mol. The van der Waals surface area contributed by atoms with Gasteiger partial charge in [0.05, 0.1) is 12.7 Å². The number of H-pyrrole nitrogens is 1. The molecule has 0 atom stereocenters. The highest BCUT2D eigenvalue weighted by Crippen LogP contribution is 2.15. The zero-order valence-corrected chi connectivity index (χ0v) is 11.7. The van der Waals surface area contributed by atoms with Gasteiger partial charge in [0.15, 0.2) is 5.69 Å². The second kappa shape index (κ2) is 6.18. The number of imidazole rings is 1. The number of nitrogens with one attached hydrogen (secondary N) is 1. The first-order chi connectivity index (χ1) is 10.6. The normalized spacial score (nSPS) is 16.4. The zero-order valence-electron chi connectivity index (χ0n) is 11.7. The first-order valence-corrected chi connectivity index (χ1v) is 6.82. The standard InChI is InChI=1S/C12H15F2N7O/c13-12(14)21-2-1-15-10(21)8-19-3-5-20(6-4-19)11(22)9-7-16-18-17-9/h1-2,7,12H,3-6,8H2,(H,16,17,18). The smallest absolute Gasteiger partial charge is 0.319 e. The van der Waals surface area contributed by atoms with Crippen LogP contribution in [0.3, 0.4) is 0 Å². The van der Waals surface area contributed by atoms with E-state index in [1.165, 1.54) is 18.6 Å². The van der Waals surface area contributed by atoms with Gasteiger partial charge in [-0.1, -0.05) is 0 Å². The van der Waals surface area contributed by atoms with E-state index < -0.39 is 6.55 Å². The van der Waals surface area contributed by atoms with E-state index in [4.69, 9.17) is 0 Å². The van der Waals surface area contributed by atoms with Crippen LogP contribution in [-0.2, 0) is 6.54 Å². The van der Waals surface area contributed by atoms with Crippen molar-refractivity contribution in [3.05, 3.63) is 30.1 Å². The van der Waals surface area contributed by atoms with Gasteiger partial charge in [-0.3, -0.25) is 14.3 Å². The van der Waals surface area contributed by atoms with Gasteiger partial charge in [0, 0.05) is 38.6 Å². The molecular formula is C12H15F2N7O. The van der Waals surface area contributed by atoms with E-state index in [0.717, 1.165) is 4.57 Å². The topological polar surface area (TPSA) is 82.9 Å². The van der Waals surface area contributed by atoms with E-state index >= 15 is 0 Å². The minimum absolute atomic E-state index is 0.178. The molecule has 0 saturated carbocycles. The van der Waals surface area contributed by atoms with Crippen LogP contribution in [0.15, 0.2) is 18.6 Å². The first kappa shape index (κ1) is 14.6. The fraction of sp³-hybridized carbons (Fsp3) is 0.500. The third-order valence-corrected chi connectivity index (χ3v) is 3.62. The molecule has 3 rings (SSSR count). The molecule has 10 heteroatoms. The molecule has 118 valence electrons. The van der Waals surface area contributed by atoms with Gasteiger partial charge in [-0.15, -0.1) is 0 Å². The summed E-state index contributed by atoms with van der Waals surface area (Å²) in [6, 6.07) is 0. The minimum Gasteiger partial charge on any atom is -0.335 e. The summed E-state index contributed by atoms with van der Waals surface area (Å²) in [5.74, 6) is 0.147. The highest BCUT2D eigenvalue weighted by Gasteiger charge is 2.24. The Morgan fingerprint density at radius 2 is 2.09 bits per heavy atom. The lowest BCUT2D eigenvalue weighted by molar-refractivity contribution is 0.0552. The molecule has 1 N–H and O–H groups in total. The van der Waals surface area contributed by atoms with Crippen molar-refractivity contribution in [2.75, 3.05) is 26.2 Å². The number of hydrogen-bond donors (Lipinski definition) is 1. The van der Waals surface area contributed by atoms with Gasteiger partial charge in [-0.25, -0.2) is 4.98 Å². The molecule has 3 heterocycles. The Morgan fingerprint density at radius 1 is 1.32 bits per heavy atom. The average Bonchev–Trinajstić information content (AvgIpc) is 3.18. The van der Waals surface area contributed by atoms with Crippen molar-refractivity contribution in [1.29, 1.82) is 0 Å². The van der Waals surface area contributed by atoms with Gasteiger partial charge in [-0.05, 0) is 0 Å². The van der Waals surface area contributed by atoms with E-state index in [1.807, 2.05) is 4.90 Å². The van der Waals surface area contributed by atoms with E-state index in [1.54, 1.807) is 4.90 Å². The number of carbonyl (C=O) groups excluding carboxylic acids is 1. The summed E-state index contributed by atoms with van der Waals surface area (Å²) in [6.45, 7) is -0.0299. The van der Waals surface area contributed by atoms with Crippen molar-refractivity contribution in [3.63, 3.8) is 0 Å². The molecule has 8 nitrogen and oxygen atoms in total. The number of hydrogen-bond acceptors (Lipinski definition) is 5. The van der Waals surface area contributed by atoms with E-state index in [0.29, 0.717) is 38.5 Å². The Balaban J connectivity index is 1.56. The summed E-state index contributed by atoms with van der Waals surface area (Å²) in [5, 5.41) is 9.78. The molecule has 1 saturated heterocycles. The number of aromatic nitrogens is 5. The molecule has 1 fully saturated rings. The number of aromatic amines is 1. The Labute approximate surface area is 124 Å². The van der Waals surface area contributed by atoms with Crippen molar-refractivity contribution in [3.8, 4) is 0 Å². The molecule has 1 amide bonds. The van der Waals surface area contributed by atoms with Gasteiger partial charge < -0.3 is 4.90 Å². The molecule has 1 aliphatic rings. The molecule has 0 spiro atoms. The van der Waals surface area contributed by atoms with Gasteiger partial charge >= 0.3 is 6.55 Å². The minimum atomic E-state index is -2.59. The summed E-state index contributed by atoms with van der Waals surface area (Å²) in [4.78, 5) is 19.7. The van der Waals surface area contributed by atoms with Crippen LogP contribution in [-0.4, -0.2) is 66.8 Å². The van der Waals surface area contributed by atoms with Crippen LogP contribution >= 0.6 is 0 Å². The Kier molecular flexibility index (Phi) is 4.09. The third kappa shape index (κ3) is 2.96. The second-order valence-electron chi connectivity index (χ2n) is 4.95. The zero-order chi connectivity index (χ0) is 15.5. The number of carbonyl (C=O) groups is 1. The average molecular weight is 311 g/mol. The summed E-state index contributed by atoms with van der Waals surface area (Å²) in [7, 11) is 0. The number of halogens is 2. The fourth-order valence-electron chi connectivity index (χ4n) is 2.42. The Morgan fingerprint density at radius 3 is 2.73 bits per heavy atom. The van der Waals surface area contributed by atoms with E-state index in [2.05, 4.69) is 20.4 Å². The van der Waals surface area contributed by atoms with Crippen LogP contribution in [0.5, 0.6) is 0 Å². The SMILES string of the molecule is O=C(c1cn[nH]n1)N1CCN(Cc2nccn2C(F)F)CC1. The molecule has 2 aromatic heterocycles. The number of piperazine rings is 1. The third-order valence-electron chi connectivity index (χ3n) is 3.62. The monoisotopic (exact) mass is 311 g/mol. The molecule has 2 aromatic rings. The van der Waals surface area contributed by atoms with Crippen molar-refractivity contribution >= 4 is 5.91 Å². The summed E-state index contributed by atoms with van der Waals surface area (Å²) >= 11 is 0. The van der Waals surface area contributed by atoms with E-state index in [9.17, 15) is 13.6 Å². The van der Waals surface area contributed by atoms with Crippen LogP contribution in [0.1, 0.15) is 22.9 Å². The molecule has 0 aromatic carbocycles. The summed E-state index contributed by atoms with van der Waals surface area (Å²) < 4.78 is 26.4. The molecule has 0 unspecified atom stereocenters. The quantitative estimate of drug-likeness (QED) is 0.881. The summed E-state index contributed by atoms with van der Waals surface area (Å²) in [6.07, 6.45) is 4.02. The lowest BCUT2D eigenvalue weighted by Crippen LogP contribution is -2.48. The maximum Gasteiger partial charge on any atom is 0.319 e. The number of nitrogens with zero attached hydrogens (tertiary/aromatic N) is 6. The molecule has 1 aliphatic heterocycles. The van der Waals surface area contributed by atoms with Crippen molar-refractivity contribution in [1.82, 2.24) is 34.8 Å². The van der Waals surface area contributed by atoms with Crippen molar-refractivity contribution in [2.45, 2.75) is 13.1 Å². The second-order valence-corrected chi connectivity index (χ2v) is 4.95. The largest absolute Gasteiger partial charge is 0.335 e. The van der Waals surface area contributed by atoms with Gasteiger partial charge in [0.2, 0.25) is 0 Å².